The number of sulfonamides is 1. The molecule has 154 valence electrons. The van der Waals surface area contributed by atoms with Crippen LogP contribution >= 0.6 is 0 Å². The summed E-state index contributed by atoms with van der Waals surface area (Å²) in [5.74, 6) is -0.107. The van der Waals surface area contributed by atoms with Gasteiger partial charge < -0.3 is 10.6 Å². The largest absolute Gasteiger partial charge is 0.362 e. The molecule has 2 aromatic rings. The minimum atomic E-state index is -3.58. The fourth-order valence-electron chi connectivity index (χ4n) is 4.59. The number of carbonyl (C=O) groups is 1. The molecule has 1 fully saturated rings. The number of benzene rings is 2. The summed E-state index contributed by atoms with van der Waals surface area (Å²) in [5, 5.41) is 6.54. The van der Waals surface area contributed by atoms with Crippen molar-refractivity contribution >= 4 is 21.6 Å². The van der Waals surface area contributed by atoms with Crippen molar-refractivity contribution in [2.45, 2.75) is 51.1 Å². The van der Waals surface area contributed by atoms with Gasteiger partial charge in [0.05, 0.1) is 10.5 Å². The maximum atomic E-state index is 13.3. The van der Waals surface area contributed by atoms with E-state index in [1.54, 1.807) is 4.31 Å². The highest BCUT2D eigenvalue weighted by Gasteiger charge is 2.43. The summed E-state index contributed by atoms with van der Waals surface area (Å²) >= 11 is 0. The summed E-state index contributed by atoms with van der Waals surface area (Å²) in [7, 11) is -3.58. The molecule has 2 aromatic carbocycles. The summed E-state index contributed by atoms with van der Waals surface area (Å²) in [6, 6.07) is 9.58. The molecule has 1 spiro atoms. The number of piperidine rings is 1. The standard InChI is InChI=1S/C22H27N3O3S/c1-14-5-6-19-18(13-14)21(26)24-22(23-19)7-9-25(10-8-22)29(27,28)20-16(3)11-15(2)12-17(20)4/h5-6,11-13,23H,7-10H2,1-4H3,(H,24,26). The van der Waals surface area contributed by atoms with Gasteiger partial charge in [-0.2, -0.15) is 4.31 Å². The van der Waals surface area contributed by atoms with Crippen molar-refractivity contribution in [3.05, 3.63) is 58.1 Å². The minimum Gasteiger partial charge on any atom is -0.362 e. The first-order valence-corrected chi connectivity index (χ1v) is 11.3. The molecule has 2 N–H and O–H groups in total. The lowest BCUT2D eigenvalue weighted by molar-refractivity contribution is 0.0865. The topological polar surface area (TPSA) is 78.5 Å². The molecular weight excluding hydrogens is 386 g/mol. The van der Waals surface area contributed by atoms with E-state index in [1.807, 2.05) is 58.0 Å². The quantitative estimate of drug-likeness (QED) is 0.792. The van der Waals surface area contributed by atoms with Gasteiger partial charge in [0.2, 0.25) is 10.0 Å². The summed E-state index contributed by atoms with van der Waals surface area (Å²) in [6.45, 7) is 8.32. The van der Waals surface area contributed by atoms with Gasteiger partial charge in [-0.15, -0.1) is 0 Å². The molecule has 0 unspecified atom stereocenters. The first kappa shape index (κ1) is 19.9. The number of fused-ring (bicyclic) bond motifs is 1. The predicted octanol–water partition coefficient (Wildman–Crippen LogP) is 3.26. The molecule has 2 aliphatic heterocycles. The first-order chi connectivity index (χ1) is 13.6. The highest BCUT2D eigenvalue weighted by Crippen LogP contribution is 2.34. The van der Waals surface area contributed by atoms with Crippen molar-refractivity contribution in [2.24, 2.45) is 0 Å². The van der Waals surface area contributed by atoms with E-state index in [2.05, 4.69) is 10.6 Å². The van der Waals surface area contributed by atoms with Gasteiger partial charge in [0.15, 0.2) is 0 Å². The van der Waals surface area contributed by atoms with E-state index in [0.717, 1.165) is 27.9 Å². The van der Waals surface area contributed by atoms with E-state index >= 15 is 0 Å². The summed E-state index contributed by atoms with van der Waals surface area (Å²) < 4.78 is 28.2. The summed E-state index contributed by atoms with van der Waals surface area (Å²) in [5.41, 5.74) is 4.47. The Bertz CT molecular complexity index is 1080. The average Bonchev–Trinajstić information content (AvgIpc) is 2.62. The fourth-order valence-corrected chi connectivity index (χ4v) is 6.44. The van der Waals surface area contributed by atoms with Gasteiger partial charge in [-0.05, 0) is 51.0 Å². The molecule has 0 bridgehead atoms. The van der Waals surface area contributed by atoms with Crippen molar-refractivity contribution in [2.75, 3.05) is 18.4 Å². The SMILES string of the molecule is Cc1cc(C)c(S(=O)(=O)N2CCC3(CC2)NC(=O)c2cc(C)ccc2N3)c(C)c1. The maximum Gasteiger partial charge on any atom is 0.255 e. The van der Waals surface area contributed by atoms with Gasteiger partial charge >= 0.3 is 0 Å². The normalized spacial score (nSPS) is 18.8. The molecule has 1 amide bonds. The van der Waals surface area contributed by atoms with Crippen LogP contribution < -0.4 is 10.6 Å². The fraction of sp³-hybridized carbons (Fsp3) is 0.409. The van der Waals surface area contributed by atoms with Crippen LogP contribution in [0.4, 0.5) is 5.69 Å². The highest BCUT2D eigenvalue weighted by atomic mass is 32.2. The van der Waals surface area contributed by atoms with E-state index < -0.39 is 15.7 Å². The number of aryl methyl sites for hydroxylation is 4. The second kappa shape index (κ2) is 6.85. The number of amides is 1. The second-order valence-corrected chi connectivity index (χ2v) is 10.2. The van der Waals surface area contributed by atoms with Crippen LogP contribution in [0.5, 0.6) is 0 Å². The maximum absolute atomic E-state index is 13.3. The van der Waals surface area contributed by atoms with Crippen LogP contribution in [0.3, 0.4) is 0 Å². The Balaban J connectivity index is 1.57. The number of nitrogens with one attached hydrogen (secondary N) is 2. The molecule has 2 heterocycles. The first-order valence-electron chi connectivity index (χ1n) is 9.91. The third-order valence-corrected chi connectivity index (χ3v) is 8.13. The van der Waals surface area contributed by atoms with Crippen molar-refractivity contribution in [1.82, 2.24) is 9.62 Å². The van der Waals surface area contributed by atoms with E-state index in [4.69, 9.17) is 0 Å². The predicted molar refractivity (Wildman–Crippen MR) is 114 cm³/mol. The number of rotatable bonds is 2. The molecule has 0 aromatic heterocycles. The van der Waals surface area contributed by atoms with Gasteiger partial charge in [0, 0.05) is 31.6 Å². The number of carbonyl (C=O) groups excluding carboxylic acids is 1. The Morgan fingerprint density at radius 1 is 0.897 bits per heavy atom. The van der Waals surface area contributed by atoms with Crippen molar-refractivity contribution in [3.8, 4) is 0 Å². The van der Waals surface area contributed by atoms with Gasteiger partial charge in [-0.1, -0.05) is 29.3 Å². The molecule has 29 heavy (non-hydrogen) atoms. The molecule has 0 atom stereocenters. The minimum absolute atomic E-state index is 0.107. The lowest BCUT2D eigenvalue weighted by atomic mass is 9.93. The molecule has 0 radical (unpaired) electrons. The summed E-state index contributed by atoms with van der Waals surface area (Å²) in [6.07, 6.45) is 1.02. The molecule has 7 heteroatoms. The Morgan fingerprint density at radius 2 is 1.52 bits per heavy atom. The van der Waals surface area contributed by atoms with Crippen LogP contribution in [0.15, 0.2) is 35.2 Å². The Morgan fingerprint density at radius 3 is 2.14 bits per heavy atom. The Labute approximate surface area is 172 Å². The smallest absolute Gasteiger partial charge is 0.255 e. The van der Waals surface area contributed by atoms with Crippen molar-refractivity contribution < 1.29 is 13.2 Å². The number of nitrogens with zero attached hydrogens (tertiary/aromatic N) is 1. The lowest BCUT2D eigenvalue weighted by Gasteiger charge is -2.45. The van der Waals surface area contributed by atoms with Crippen LogP contribution in [0, 0.1) is 27.7 Å². The van der Waals surface area contributed by atoms with Crippen molar-refractivity contribution in [3.63, 3.8) is 0 Å². The molecule has 4 rings (SSSR count). The van der Waals surface area contributed by atoms with Crippen LogP contribution in [0.1, 0.15) is 45.5 Å². The number of hydrogen-bond donors (Lipinski definition) is 2. The Hall–Kier alpha value is -2.38. The zero-order valence-corrected chi connectivity index (χ0v) is 18.1. The van der Waals surface area contributed by atoms with E-state index in [9.17, 15) is 13.2 Å². The third kappa shape index (κ3) is 3.42. The molecule has 6 nitrogen and oxygen atoms in total. The second-order valence-electron chi connectivity index (χ2n) is 8.34. The van der Waals surface area contributed by atoms with Gasteiger partial charge in [0.25, 0.3) is 5.91 Å². The third-order valence-electron chi connectivity index (χ3n) is 5.92. The highest BCUT2D eigenvalue weighted by molar-refractivity contribution is 7.89. The Kier molecular flexibility index (Phi) is 4.70. The average molecular weight is 414 g/mol. The van der Waals surface area contributed by atoms with Gasteiger partial charge in [-0.3, -0.25) is 4.79 Å². The number of anilines is 1. The van der Waals surface area contributed by atoms with Crippen LogP contribution in [-0.2, 0) is 10.0 Å². The monoisotopic (exact) mass is 413 g/mol. The van der Waals surface area contributed by atoms with Crippen LogP contribution in [-0.4, -0.2) is 37.4 Å². The zero-order chi connectivity index (χ0) is 21.0. The molecular formula is C22H27N3O3S. The van der Waals surface area contributed by atoms with E-state index in [-0.39, 0.29) is 5.91 Å². The number of hydrogen-bond acceptors (Lipinski definition) is 4. The van der Waals surface area contributed by atoms with Gasteiger partial charge in [0.1, 0.15) is 5.66 Å². The zero-order valence-electron chi connectivity index (χ0n) is 17.3. The van der Waals surface area contributed by atoms with Crippen LogP contribution in [0.2, 0.25) is 0 Å². The summed E-state index contributed by atoms with van der Waals surface area (Å²) in [4.78, 5) is 13.1. The molecule has 0 aliphatic carbocycles. The van der Waals surface area contributed by atoms with E-state index in [0.29, 0.717) is 36.4 Å². The van der Waals surface area contributed by atoms with Gasteiger partial charge in [-0.25, -0.2) is 8.42 Å². The van der Waals surface area contributed by atoms with E-state index in [1.165, 1.54) is 0 Å². The van der Waals surface area contributed by atoms with Crippen molar-refractivity contribution in [1.29, 1.82) is 0 Å². The molecule has 0 saturated carbocycles. The lowest BCUT2D eigenvalue weighted by Crippen LogP contribution is -2.62. The molecule has 2 aliphatic rings. The molecule has 1 saturated heterocycles. The van der Waals surface area contributed by atoms with Crippen LogP contribution in [0.25, 0.3) is 0 Å².